The highest BCUT2D eigenvalue weighted by Crippen LogP contribution is 2.36. The van der Waals surface area contributed by atoms with Gasteiger partial charge in [0.2, 0.25) is 11.7 Å². The van der Waals surface area contributed by atoms with Crippen LogP contribution in [0.2, 0.25) is 10.0 Å². The molecule has 0 bridgehead atoms. The number of rotatable bonds is 6. The Morgan fingerprint density at radius 3 is 2.51 bits per heavy atom. The lowest BCUT2D eigenvalue weighted by Gasteiger charge is -2.12. The molecule has 0 saturated carbocycles. The number of aromatic nitrogens is 2. The molecule has 0 saturated heterocycles. The van der Waals surface area contributed by atoms with E-state index in [0.29, 0.717) is 11.6 Å². The SMILES string of the molecule is O=C(c1ccccc1-c1ncco1)c1ncc(Cl)cc1NS(=O)(=[OH+])c1ccc(Cl)c(C(F)(F)F)c1. The van der Waals surface area contributed by atoms with Gasteiger partial charge in [-0.1, -0.05) is 41.4 Å². The molecule has 4 rings (SSSR count). The molecule has 2 N–H and O–H groups in total. The summed E-state index contributed by atoms with van der Waals surface area (Å²) >= 11 is 11.6. The van der Waals surface area contributed by atoms with Crippen molar-refractivity contribution in [1.82, 2.24) is 9.97 Å². The van der Waals surface area contributed by atoms with Gasteiger partial charge >= 0.3 is 16.2 Å². The molecule has 0 aliphatic heterocycles. The fourth-order valence-electron chi connectivity index (χ4n) is 3.15. The number of alkyl halides is 3. The summed E-state index contributed by atoms with van der Waals surface area (Å²) in [5, 5.41) is -0.632. The van der Waals surface area contributed by atoms with Crippen LogP contribution in [-0.2, 0) is 16.2 Å². The van der Waals surface area contributed by atoms with Crippen LogP contribution in [0.3, 0.4) is 0 Å². The van der Waals surface area contributed by atoms with Crippen molar-refractivity contribution in [1.29, 1.82) is 0 Å². The van der Waals surface area contributed by atoms with Gasteiger partial charge in [0.1, 0.15) is 16.9 Å². The van der Waals surface area contributed by atoms with Gasteiger partial charge < -0.3 is 4.42 Å². The largest absolute Gasteiger partial charge is 0.445 e. The Morgan fingerprint density at radius 2 is 1.83 bits per heavy atom. The van der Waals surface area contributed by atoms with Gasteiger partial charge in [-0.2, -0.15) is 17.4 Å². The Morgan fingerprint density at radius 1 is 1.09 bits per heavy atom. The van der Waals surface area contributed by atoms with Crippen LogP contribution in [0.15, 0.2) is 76.5 Å². The Kier molecular flexibility index (Phi) is 6.58. The fraction of sp³-hybridized carbons (Fsp3) is 0.0455. The van der Waals surface area contributed by atoms with Crippen molar-refractivity contribution < 1.29 is 30.8 Å². The minimum Gasteiger partial charge on any atom is -0.445 e. The zero-order chi connectivity index (χ0) is 25.4. The first-order valence-corrected chi connectivity index (χ1v) is 11.8. The average molecular weight is 543 g/mol. The molecular formula is C22H13Cl2F3N3O4S+. The second-order valence-electron chi connectivity index (χ2n) is 7.03. The maximum Gasteiger partial charge on any atom is 0.417 e. The summed E-state index contributed by atoms with van der Waals surface area (Å²) in [5.74, 6) is -0.524. The summed E-state index contributed by atoms with van der Waals surface area (Å²) in [6.07, 6.45) is -0.986. The predicted molar refractivity (Wildman–Crippen MR) is 123 cm³/mol. The number of oxazole rings is 1. The molecule has 0 aliphatic rings. The molecule has 180 valence electrons. The average Bonchev–Trinajstić information content (AvgIpc) is 3.33. The molecule has 0 aliphatic carbocycles. The molecule has 2 aromatic heterocycles. The smallest absolute Gasteiger partial charge is 0.417 e. The molecule has 0 radical (unpaired) electrons. The normalized spacial score (nSPS) is 13.3. The molecule has 0 amide bonds. The van der Waals surface area contributed by atoms with Crippen LogP contribution in [0, 0.1) is 0 Å². The van der Waals surface area contributed by atoms with E-state index in [4.69, 9.17) is 27.6 Å². The van der Waals surface area contributed by atoms with E-state index >= 15 is 0 Å². The number of pyridine rings is 1. The molecule has 0 fully saturated rings. The molecule has 2 aromatic carbocycles. The van der Waals surface area contributed by atoms with E-state index in [9.17, 15) is 26.4 Å². The number of nitrogens with zero attached hydrogens (tertiary/aromatic N) is 2. The third-order valence-electron chi connectivity index (χ3n) is 4.71. The van der Waals surface area contributed by atoms with Gasteiger partial charge in [0.05, 0.1) is 27.5 Å². The van der Waals surface area contributed by atoms with Crippen LogP contribution in [0.1, 0.15) is 21.6 Å². The Hall–Kier alpha value is -3.41. The third kappa shape index (κ3) is 5.16. The quantitative estimate of drug-likeness (QED) is 0.229. The van der Waals surface area contributed by atoms with Crippen LogP contribution < -0.4 is 4.72 Å². The molecule has 1 unspecified atom stereocenters. The molecule has 0 spiro atoms. The van der Waals surface area contributed by atoms with Crippen molar-refractivity contribution in [2.45, 2.75) is 11.1 Å². The zero-order valence-electron chi connectivity index (χ0n) is 17.2. The van der Waals surface area contributed by atoms with E-state index in [-0.39, 0.29) is 27.9 Å². The highest BCUT2D eigenvalue weighted by Gasteiger charge is 2.36. The molecular weight excluding hydrogens is 530 g/mol. The molecule has 4 aromatic rings. The summed E-state index contributed by atoms with van der Waals surface area (Å²) in [6, 6.07) is 9.74. The first-order chi connectivity index (χ1) is 16.5. The molecule has 7 nitrogen and oxygen atoms in total. The lowest BCUT2D eigenvalue weighted by Crippen LogP contribution is -2.18. The van der Waals surface area contributed by atoms with E-state index in [0.717, 1.165) is 24.4 Å². The molecule has 35 heavy (non-hydrogen) atoms. The number of carbonyl (C=O) groups is 1. The van der Waals surface area contributed by atoms with Crippen molar-refractivity contribution in [2.75, 3.05) is 4.72 Å². The van der Waals surface area contributed by atoms with E-state index in [1.54, 1.807) is 18.2 Å². The highest BCUT2D eigenvalue weighted by molar-refractivity contribution is 7.92. The van der Waals surface area contributed by atoms with Crippen LogP contribution >= 0.6 is 23.2 Å². The summed E-state index contributed by atoms with van der Waals surface area (Å²) in [4.78, 5) is 20.8. The van der Waals surface area contributed by atoms with Crippen LogP contribution in [-0.4, -0.2) is 24.2 Å². The minimum absolute atomic E-state index is 0.00678. The number of nitrogens with one attached hydrogen (secondary N) is 1. The fourth-order valence-corrected chi connectivity index (χ4v) is 4.64. The van der Waals surface area contributed by atoms with Gasteiger partial charge in [-0.05, 0) is 30.3 Å². The van der Waals surface area contributed by atoms with Crippen molar-refractivity contribution in [3.05, 3.63) is 94.1 Å². The Bertz CT molecular complexity index is 1530. The highest BCUT2D eigenvalue weighted by atomic mass is 35.5. The second-order valence-corrected chi connectivity index (χ2v) is 9.60. The number of hydrogen-bond donors (Lipinski definition) is 1. The van der Waals surface area contributed by atoms with Gasteiger partial charge in [0, 0.05) is 17.3 Å². The predicted octanol–water partition coefficient (Wildman–Crippen LogP) is 6.25. The summed E-state index contributed by atoms with van der Waals surface area (Å²) in [5.41, 5.74) is -1.42. The van der Waals surface area contributed by atoms with E-state index in [1.807, 2.05) is 0 Å². The lowest BCUT2D eigenvalue weighted by atomic mass is 10.0. The zero-order valence-corrected chi connectivity index (χ0v) is 19.5. The summed E-state index contributed by atoms with van der Waals surface area (Å²) < 4.78 is 70.9. The van der Waals surface area contributed by atoms with E-state index in [2.05, 4.69) is 14.7 Å². The van der Waals surface area contributed by atoms with Crippen LogP contribution in [0.4, 0.5) is 18.9 Å². The Balaban J connectivity index is 1.77. The third-order valence-corrected chi connectivity index (χ3v) is 6.64. The Labute approximate surface area is 206 Å². The number of hydrogen-bond acceptors (Lipinski definition) is 5. The van der Waals surface area contributed by atoms with Gasteiger partial charge in [0.15, 0.2) is 0 Å². The first kappa shape index (κ1) is 24.7. The van der Waals surface area contributed by atoms with Crippen molar-refractivity contribution in [2.24, 2.45) is 0 Å². The number of ketones is 1. The first-order valence-electron chi connectivity index (χ1n) is 9.57. The maximum atomic E-state index is 13.4. The minimum atomic E-state index is -4.86. The number of halogens is 5. The number of anilines is 1. The van der Waals surface area contributed by atoms with Crippen molar-refractivity contribution >= 4 is 44.7 Å². The van der Waals surface area contributed by atoms with Crippen molar-refractivity contribution in [3.63, 3.8) is 0 Å². The van der Waals surface area contributed by atoms with Crippen LogP contribution in [0.25, 0.3) is 11.5 Å². The van der Waals surface area contributed by atoms with E-state index in [1.165, 1.54) is 18.5 Å². The van der Waals surface area contributed by atoms with Crippen LogP contribution in [0.5, 0.6) is 0 Å². The molecule has 2 heterocycles. The number of benzene rings is 2. The van der Waals surface area contributed by atoms with Gasteiger partial charge in [0.25, 0.3) is 0 Å². The molecule has 13 heteroatoms. The summed E-state index contributed by atoms with van der Waals surface area (Å²) in [6.45, 7) is 0. The lowest BCUT2D eigenvalue weighted by molar-refractivity contribution is -0.137. The van der Waals surface area contributed by atoms with Gasteiger partial charge in [-0.3, -0.25) is 4.79 Å². The second kappa shape index (κ2) is 9.33. The van der Waals surface area contributed by atoms with Crippen molar-refractivity contribution in [3.8, 4) is 11.5 Å². The van der Waals surface area contributed by atoms with Gasteiger partial charge in [-0.15, -0.1) is 0 Å². The maximum absolute atomic E-state index is 13.4. The topological polar surface area (TPSA) is 106 Å². The number of carbonyl (C=O) groups excluding carboxylic acids is 1. The van der Waals surface area contributed by atoms with E-state index < -0.39 is 37.5 Å². The molecule has 1 atom stereocenters. The van der Waals surface area contributed by atoms with Gasteiger partial charge in [-0.25, -0.2) is 18.9 Å². The summed E-state index contributed by atoms with van der Waals surface area (Å²) in [7, 11) is -4.36. The monoisotopic (exact) mass is 542 g/mol. The standard InChI is InChI=1S/C22H12Cl2F3N3O4S/c23-12-9-18(30-35(32,33)13-5-6-17(24)16(10-13)22(25,26)27)19(29-11-12)20(31)14-3-1-2-4-15(14)21-28-7-8-34-21/h1-11H,(H,30,32,33)/p+1.